The van der Waals surface area contributed by atoms with Crippen LogP contribution in [0.2, 0.25) is 0 Å². The predicted octanol–water partition coefficient (Wildman–Crippen LogP) is 3.89. The zero-order valence-corrected chi connectivity index (χ0v) is 10.4. The molecule has 0 unspecified atom stereocenters. The number of H-pyrrole nitrogens is 1. The molecule has 2 aromatic heterocycles. The molecule has 1 aromatic carbocycles. The van der Waals surface area contributed by atoms with Gasteiger partial charge in [-0.25, -0.2) is 4.98 Å². The highest BCUT2D eigenvalue weighted by Crippen LogP contribution is 2.34. The Kier molecular flexibility index (Phi) is 2.26. The quantitative estimate of drug-likeness (QED) is 0.627. The highest BCUT2D eigenvalue weighted by Gasteiger charge is 2.12. The van der Waals surface area contributed by atoms with Crippen molar-refractivity contribution in [3.05, 3.63) is 35.3 Å². The molecule has 0 bridgehead atoms. The predicted molar refractivity (Wildman–Crippen MR) is 71.4 cm³/mol. The van der Waals surface area contributed by atoms with Gasteiger partial charge in [0.05, 0.1) is 0 Å². The van der Waals surface area contributed by atoms with Gasteiger partial charge in [0.2, 0.25) is 0 Å². The maximum Gasteiger partial charge on any atom is 0.127 e. The average molecular weight is 246 g/mol. The van der Waals surface area contributed by atoms with Gasteiger partial charge in [-0.05, 0) is 13.0 Å². The van der Waals surface area contributed by atoms with Crippen LogP contribution in [0.3, 0.4) is 0 Å². The monoisotopic (exact) mass is 246 g/mol. The fourth-order valence-corrected chi connectivity index (χ4v) is 3.06. The summed E-state index contributed by atoms with van der Waals surface area (Å²) < 4.78 is 0. The maximum absolute atomic E-state index is 4.43. The molecule has 0 aliphatic carbocycles. The fourth-order valence-electron chi connectivity index (χ4n) is 1.93. The summed E-state index contributed by atoms with van der Waals surface area (Å²) in [5.41, 5.74) is 3.51. The van der Waals surface area contributed by atoms with Crippen molar-refractivity contribution < 1.29 is 0 Å². The molecule has 3 rings (SSSR count). The minimum atomic E-state index is 0.782. The largest absolute Gasteiger partial charge is 0.358 e. The van der Waals surface area contributed by atoms with Crippen molar-refractivity contribution >= 4 is 34.9 Å². The summed E-state index contributed by atoms with van der Waals surface area (Å²) in [5, 5.41) is 4.99. The SMILES string of the molecule is Cc1[nH]c2ccccc2c1-c1nc(S)cs1. The first kappa shape index (κ1) is 9.93. The third-order valence-corrected chi connectivity index (χ3v) is 3.86. The van der Waals surface area contributed by atoms with Crippen molar-refractivity contribution in [3.63, 3.8) is 0 Å². The van der Waals surface area contributed by atoms with Crippen LogP contribution in [0.4, 0.5) is 0 Å². The number of thiazole rings is 1. The van der Waals surface area contributed by atoms with Crippen LogP contribution >= 0.6 is 24.0 Å². The van der Waals surface area contributed by atoms with Crippen LogP contribution in [-0.2, 0) is 0 Å². The Morgan fingerprint density at radius 1 is 1.31 bits per heavy atom. The standard InChI is InChI=1S/C12H10N2S2/c1-7-11(12-14-10(15)6-16-12)8-4-2-3-5-9(8)13-7/h2-6,13,15H,1H3. The van der Waals surface area contributed by atoms with Crippen LogP contribution in [0.5, 0.6) is 0 Å². The number of fused-ring (bicyclic) bond motifs is 1. The molecule has 0 radical (unpaired) electrons. The summed E-state index contributed by atoms with van der Waals surface area (Å²) in [6.07, 6.45) is 0. The second kappa shape index (κ2) is 3.64. The number of thiol groups is 1. The van der Waals surface area contributed by atoms with Crippen molar-refractivity contribution in [2.75, 3.05) is 0 Å². The lowest BCUT2D eigenvalue weighted by molar-refractivity contribution is 1.21. The van der Waals surface area contributed by atoms with Crippen LogP contribution in [0, 0.1) is 6.92 Å². The molecule has 0 aliphatic heterocycles. The van der Waals surface area contributed by atoms with E-state index in [4.69, 9.17) is 0 Å². The number of benzene rings is 1. The first-order chi connectivity index (χ1) is 7.75. The van der Waals surface area contributed by atoms with Gasteiger partial charge in [-0.3, -0.25) is 0 Å². The molecule has 0 amide bonds. The molecule has 1 N–H and O–H groups in total. The van der Waals surface area contributed by atoms with Gasteiger partial charge in [0.1, 0.15) is 10.0 Å². The summed E-state index contributed by atoms with van der Waals surface area (Å²) >= 11 is 5.88. The Balaban J connectivity index is 2.34. The van der Waals surface area contributed by atoms with E-state index in [9.17, 15) is 0 Å². The molecular weight excluding hydrogens is 236 g/mol. The Labute approximate surface area is 103 Å². The smallest absolute Gasteiger partial charge is 0.127 e. The van der Waals surface area contributed by atoms with Crippen LogP contribution < -0.4 is 0 Å². The molecule has 3 aromatic rings. The van der Waals surface area contributed by atoms with Gasteiger partial charge in [0, 0.05) is 27.5 Å². The van der Waals surface area contributed by atoms with Crippen molar-refractivity contribution in [2.24, 2.45) is 0 Å². The van der Waals surface area contributed by atoms with E-state index in [1.807, 2.05) is 17.5 Å². The van der Waals surface area contributed by atoms with Crippen LogP contribution in [0.25, 0.3) is 21.5 Å². The van der Waals surface area contributed by atoms with Crippen LogP contribution in [0.1, 0.15) is 5.69 Å². The molecule has 2 heterocycles. The van der Waals surface area contributed by atoms with E-state index < -0.39 is 0 Å². The summed E-state index contributed by atoms with van der Waals surface area (Å²) in [6.45, 7) is 2.08. The van der Waals surface area contributed by atoms with Gasteiger partial charge in [0.15, 0.2) is 0 Å². The van der Waals surface area contributed by atoms with Crippen molar-refractivity contribution in [2.45, 2.75) is 11.9 Å². The normalized spacial score (nSPS) is 11.1. The third kappa shape index (κ3) is 1.45. The highest BCUT2D eigenvalue weighted by atomic mass is 32.1. The summed E-state index contributed by atoms with van der Waals surface area (Å²) in [7, 11) is 0. The zero-order valence-electron chi connectivity index (χ0n) is 8.69. The third-order valence-electron chi connectivity index (χ3n) is 2.60. The number of nitrogens with zero attached hydrogens (tertiary/aromatic N) is 1. The lowest BCUT2D eigenvalue weighted by atomic mass is 10.1. The van der Waals surface area contributed by atoms with Crippen LogP contribution in [-0.4, -0.2) is 9.97 Å². The number of aromatic nitrogens is 2. The molecule has 0 spiro atoms. The number of hydrogen-bond donors (Lipinski definition) is 2. The second-order valence-electron chi connectivity index (χ2n) is 3.68. The number of aryl methyl sites for hydroxylation is 1. The first-order valence-corrected chi connectivity index (χ1v) is 6.30. The van der Waals surface area contributed by atoms with Gasteiger partial charge >= 0.3 is 0 Å². The van der Waals surface area contributed by atoms with Gasteiger partial charge in [-0.2, -0.15) is 0 Å². The van der Waals surface area contributed by atoms with E-state index in [1.54, 1.807) is 11.3 Å². The number of para-hydroxylation sites is 1. The van der Waals surface area contributed by atoms with E-state index in [1.165, 1.54) is 10.9 Å². The van der Waals surface area contributed by atoms with E-state index in [0.717, 1.165) is 21.2 Å². The maximum atomic E-state index is 4.43. The van der Waals surface area contributed by atoms with E-state index in [-0.39, 0.29) is 0 Å². The molecule has 16 heavy (non-hydrogen) atoms. The molecule has 0 atom stereocenters. The number of aromatic amines is 1. The first-order valence-electron chi connectivity index (χ1n) is 4.98. The Bertz CT molecular complexity index is 652. The molecule has 0 fully saturated rings. The second-order valence-corrected chi connectivity index (χ2v) is 5.00. The average Bonchev–Trinajstić information content (AvgIpc) is 2.80. The molecular formula is C12H10N2S2. The fraction of sp³-hybridized carbons (Fsp3) is 0.0833. The van der Waals surface area contributed by atoms with Gasteiger partial charge < -0.3 is 4.98 Å². The van der Waals surface area contributed by atoms with Crippen molar-refractivity contribution in [3.8, 4) is 10.6 Å². The topological polar surface area (TPSA) is 28.7 Å². The lowest BCUT2D eigenvalue weighted by Gasteiger charge is -1.95. The van der Waals surface area contributed by atoms with E-state index >= 15 is 0 Å². The highest BCUT2D eigenvalue weighted by molar-refractivity contribution is 7.80. The minimum absolute atomic E-state index is 0.782. The number of nitrogens with one attached hydrogen (secondary N) is 1. The zero-order chi connectivity index (χ0) is 11.1. The summed E-state index contributed by atoms with van der Waals surface area (Å²) in [4.78, 5) is 7.80. The summed E-state index contributed by atoms with van der Waals surface area (Å²) in [5.74, 6) is 0. The minimum Gasteiger partial charge on any atom is -0.358 e. The van der Waals surface area contributed by atoms with Crippen LogP contribution in [0.15, 0.2) is 34.7 Å². The van der Waals surface area contributed by atoms with E-state index in [2.05, 4.69) is 41.7 Å². The molecule has 0 aliphatic rings. The summed E-state index contributed by atoms with van der Waals surface area (Å²) in [6, 6.07) is 8.29. The molecule has 0 saturated carbocycles. The van der Waals surface area contributed by atoms with Gasteiger partial charge in [-0.1, -0.05) is 18.2 Å². The Hall–Kier alpha value is -1.26. The molecule has 2 nitrogen and oxygen atoms in total. The van der Waals surface area contributed by atoms with Gasteiger partial charge in [0.25, 0.3) is 0 Å². The van der Waals surface area contributed by atoms with Crippen molar-refractivity contribution in [1.29, 1.82) is 0 Å². The van der Waals surface area contributed by atoms with Gasteiger partial charge in [-0.15, -0.1) is 24.0 Å². The number of rotatable bonds is 1. The Morgan fingerprint density at radius 3 is 2.88 bits per heavy atom. The lowest BCUT2D eigenvalue weighted by Crippen LogP contribution is -1.77. The van der Waals surface area contributed by atoms with E-state index in [0.29, 0.717) is 0 Å². The van der Waals surface area contributed by atoms with Crippen molar-refractivity contribution in [1.82, 2.24) is 9.97 Å². The molecule has 0 saturated heterocycles. The Morgan fingerprint density at radius 2 is 2.12 bits per heavy atom. The molecule has 80 valence electrons. The molecule has 4 heteroatoms. The number of hydrogen-bond acceptors (Lipinski definition) is 3.